The van der Waals surface area contributed by atoms with Gasteiger partial charge in [-0.15, -0.1) is 0 Å². The summed E-state index contributed by atoms with van der Waals surface area (Å²) in [5.41, 5.74) is 7.12. The zero-order valence-electron chi connectivity index (χ0n) is 10.4. The first-order chi connectivity index (χ1) is 8.84. The summed E-state index contributed by atoms with van der Waals surface area (Å²) in [7, 11) is 0. The topological polar surface area (TPSA) is 64.7 Å². The van der Waals surface area contributed by atoms with Gasteiger partial charge in [0.15, 0.2) is 5.84 Å². The number of allylic oxidation sites excluding steroid dienone is 1. The molecule has 0 heterocycles. The van der Waals surface area contributed by atoms with Crippen molar-refractivity contribution in [1.29, 1.82) is 0 Å². The van der Waals surface area contributed by atoms with Crippen LogP contribution in [0.4, 0.5) is 8.78 Å². The van der Waals surface area contributed by atoms with Crippen LogP contribution in [0.15, 0.2) is 42.1 Å². The number of carbonyl (C=O) groups excluding carboxylic acids is 1. The van der Waals surface area contributed by atoms with E-state index in [1.54, 1.807) is 24.3 Å². The monoisotopic (exact) mass is 268 g/mol. The van der Waals surface area contributed by atoms with Crippen molar-refractivity contribution in [2.24, 2.45) is 10.9 Å². The third-order valence-electron chi connectivity index (χ3n) is 2.27. The number of aryl methyl sites for hydroxylation is 1. The second-order valence-electron chi connectivity index (χ2n) is 3.95. The van der Waals surface area contributed by atoms with Crippen LogP contribution in [0, 0.1) is 6.92 Å². The van der Waals surface area contributed by atoms with Gasteiger partial charge in [-0.1, -0.05) is 41.6 Å². The lowest BCUT2D eigenvalue weighted by Gasteiger charge is -2.08. The van der Waals surface area contributed by atoms with Gasteiger partial charge in [-0.05, 0) is 13.0 Å². The van der Waals surface area contributed by atoms with Gasteiger partial charge in [0, 0.05) is 5.56 Å². The Morgan fingerprint density at radius 3 is 2.58 bits per heavy atom. The highest BCUT2D eigenvalue weighted by molar-refractivity contribution is 5.97. The molecule has 0 amide bonds. The SMILES string of the molecule is C=CC(F)(F)CC(=O)O/N=C(\N)c1ccc(C)cc1. The van der Waals surface area contributed by atoms with Crippen molar-refractivity contribution in [1.82, 2.24) is 0 Å². The molecule has 0 saturated carbocycles. The van der Waals surface area contributed by atoms with Gasteiger partial charge in [-0.3, -0.25) is 0 Å². The number of rotatable bonds is 5. The summed E-state index contributed by atoms with van der Waals surface area (Å²) in [4.78, 5) is 15.4. The third-order valence-corrected chi connectivity index (χ3v) is 2.27. The van der Waals surface area contributed by atoms with Gasteiger partial charge < -0.3 is 10.6 Å². The number of nitrogens with two attached hydrogens (primary N) is 1. The summed E-state index contributed by atoms with van der Waals surface area (Å²) in [6, 6.07) is 6.96. The van der Waals surface area contributed by atoms with Gasteiger partial charge in [0.05, 0.1) is 0 Å². The molecule has 19 heavy (non-hydrogen) atoms. The van der Waals surface area contributed by atoms with E-state index in [4.69, 9.17) is 5.73 Å². The summed E-state index contributed by atoms with van der Waals surface area (Å²) in [6.45, 7) is 4.82. The van der Waals surface area contributed by atoms with E-state index in [-0.39, 0.29) is 5.84 Å². The normalized spacial score (nSPS) is 12.1. The number of halogens is 2. The van der Waals surface area contributed by atoms with E-state index >= 15 is 0 Å². The van der Waals surface area contributed by atoms with E-state index in [9.17, 15) is 13.6 Å². The van der Waals surface area contributed by atoms with Gasteiger partial charge in [-0.2, -0.15) is 0 Å². The Labute approximate surface area is 109 Å². The minimum atomic E-state index is -3.31. The molecule has 0 spiro atoms. The van der Waals surface area contributed by atoms with Gasteiger partial charge in [0.25, 0.3) is 5.92 Å². The molecule has 0 aliphatic heterocycles. The Hall–Kier alpha value is -2.24. The van der Waals surface area contributed by atoms with Crippen LogP contribution in [0.5, 0.6) is 0 Å². The highest BCUT2D eigenvalue weighted by Crippen LogP contribution is 2.19. The standard InChI is InChI=1S/C13H14F2N2O2/c1-3-13(14,15)8-11(18)19-17-12(16)10-6-4-9(2)5-7-10/h3-7H,1,8H2,2H3,(H2,16,17). The molecule has 0 radical (unpaired) electrons. The van der Waals surface area contributed by atoms with E-state index in [0.29, 0.717) is 11.6 Å². The van der Waals surface area contributed by atoms with Crippen LogP contribution >= 0.6 is 0 Å². The molecule has 1 aromatic rings. The van der Waals surface area contributed by atoms with Crippen LogP contribution in [0.25, 0.3) is 0 Å². The first-order valence-corrected chi connectivity index (χ1v) is 5.46. The molecule has 0 fully saturated rings. The molecule has 0 aliphatic rings. The number of hydrogen-bond donors (Lipinski definition) is 1. The van der Waals surface area contributed by atoms with E-state index < -0.39 is 18.3 Å². The third kappa shape index (κ3) is 4.87. The van der Waals surface area contributed by atoms with Crippen molar-refractivity contribution in [2.75, 3.05) is 0 Å². The van der Waals surface area contributed by atoms with E-state index in [2.05, 4.69) is 16.6 Å². The maximum atomic E-state index is 12.8. The van der Waals surface area contributed by atoms with Crippen LogP contribution in [-0.4, -0.2) is 17.7 Å². The summed E-state index contributed by atoms with van der Waals surface area (Å²) in [5, 5.41) is 3.32. The van der Waals surface area contributed by atoms with Crippen molar-refractivity contribution in [2.45, 2.75) is 19.3 Å². The molecule has 6 heteroatoms. The van der Waals surface area contributed by atoms with Gasteiger partial charge in [0.1, 0.15) is 6.42 Å². The van der Waals surface area contributed by atoms with Crippen molar-refractivity contribution in [3.8, 4) is 0 Å². The molecule has 1 aromatic carbocycles. The molecule has 1 rings (SSSR count). The number of nitrogens with zero attached hydrogens (tertiary/aromatic N) is 1. The fourth-order valence-electron chi connectivity index (χ4n) is 1.17. The van der Waals surface area contributed by atoms with Gasteiger partial charge in [-0.25, -0.2) is 13.6 Å². The second-order valence-corrected chi connectivity index (χ2v) is 3.95. The largest absolute Gasteiger partial charge is 0.380 e. The predicted molar refractivity (Wildman–Crippen MR) is 67.8 cm³/mol. The van der Waals surface area contributed by atoms with Gasteiger partial charge in [0.2, 0.25) is 0 Å². The predicted octanol–water partition coefficient (Wildman–Crippen LogP) is 2.37. The van der Waals surface area contributed by atoms with Gasteiger partial charge >= 0.3 is 5.97 Å². The minimum absolute atomic E-state index is 0.0599. The zero-order valence-corrected chi connectivity index (χ0v) is 10.4. The lowest BCUT2D eigenvalue weighted by atomic mass is 10.1. The van der Waals surface area contributed by atoms with E-state index in [1.807, 2.05) is 6.92 Å². The Bertz CT molecular complexity index is 496. The highest BCUT2D eigenvalue weighted by Gasteiger charge is 2.29. The fourth-order valence-corrected chi connectivity index (χ4v) is 1.17. The average molecular weight is 268 g/mol. The average Bonchev–Trinajstić information content (AvgIpc) is 2.36. The van der Waals surface area contributed by atoms with Crippen molar-refractivity contribution in [3.63, 3.8) is 0 Å². The number of benzene rings is 1. The lowest BCUT2D eigenvalue weighted by Crippen LogP contribution is -2.20. The summed E-state index contributed by atoms with van der Waals surface area (Å²) in [6.07, 6.45) is -0.748. The fraction of sp³-hybridized carbons (Fsp3) is 0.231. The smallest absolute Gasteiger partial charge is 0.341 e. The van der Waals surface area contributed by atoms with Crippen molar-refractivity contribution < 1.29 is 18.4 Å². The molecule has 0 atom stereocenters. The maximum Gasteiger partial charge on any atom is 0.341 e. The first kappa shape index (κ1) is 14.8. The molecule has 4 nitrogen and oxygen atoms in total. The quantitative estimate of drug-likeness (QED) is 0.293. The molecule has 2 N–H and O–H groups in total. The Balaban J connectivity index is 2.63. The number of oxime groups is 1. The summed E-state index contributed by atoms with van der Waals surface area (Å²) in [5.74, 6) is -4.55. The number of carbonyl (C=O) groups is 1. The Morgan fingerprint density at radius 1 is 1.47 bits per heavy atom. The Kier molecular flexibility index (Phi) is 4.74. The van der Waals surface area contributed by atoms with Crippen LogP contribution in [-0.2, 0) is 9.63 Å². The molecule has 0 bridgehead atoms. The van der Waals surface area contributed by atoms with Crippen LogP contribution < -0.4 is 5.73 Å². The zero-order chi connectivity index (χ0) is 14.5. The summed E-state index contributed by atoms with van der Waals surface area (Å²) < 4.78 is 25.6. The molecule has 102 valence electrons. The van der Waals surface area contributed by atoms with Crippen LogP contribution in [0.2, 0.25) is 0 Å². The van der Waals surface area contributed by atoms with E-state index in [1.165, 1.54) is 0 Å². The number of alkyl halides is 2. The van der Waals surface area contributed by atoms with Crippen molar-refractivity contribution >= 4 is 11.8 Å². The lowest BCUT2D eigenvalue weighted by molar-refractivity contribution is -0.149. The van der Waals surface area contributed by atoms with E-state index in [0.717, 1.165) is 5.56 Å². The Morgan fingerprint density at radius 2 is 2.05 bits per heavy atom. The number of amidine groups is 1. The molecule has 0 aromatic heterocycles. The van der Waals surface area contributed by atoms with Crippen LogP contribution in [0.3, 0.4) is 0 Å². The summed E-state index contributed by atoms with van der Waals surface area (Å²) >= 11 is 0. The highest BCUT2D eigenvalue weighted by atomic mass is 19.3. The molecular weight excluding hydrogens is 254 g/mol. The van der Waals surface area contributed by atoms with Crippen LogP contribution in [0.1, 0.15) is 17.5 Å². The molecular formula is C13H14F2N2O2. The first-order valence-electron chi connectivity index (χ1n) is 5.46. The van der Waals surface area contributed by atoms with Crippen molar-refractivity contribution in [3.05, 3.63) is 48.0 Å². The minimum Gasteiger partial charge on any atom is -0.380 e. The second kappa shape index (κ2) is 6.08. The molecule has 0 unspecified atom stereocenters. The molecule has 0 saturated heterocycles. The maximum absolute atomic E-state index is 12.8. The molecule has 0 aliphatic carbocycles. The number of hydrogen-bond acceptors (Lipinski definition) is 3.